The van der Waals surface area contributed by atoms with E-state index in [4.69, 9.17) is 9.52 Å². The van der Waals surface area contributed by atoms with Gasteiger partial charge in [-0.15, -0.1) is 0 Å². The Bertz CT molecular complexity index is 269. The molecule has 0 saturated carbocycles. The number of halogens is 4. The van der Waals surface area contributed by atoms with Gasteiger partial charge in [0.25, 0.3) is 0 Å². The minimum atomic E-state index is -3.37. The molecule has 0 amide bonds. The van der Waals surface area contributed by atoms with Gasteiger partial charge in [-0.2, -0.15) is 8.78 Å². The second kappa shape index (κ2) is 3.43. The zero-order valence-corrected chi connectivity index (χ0v) is 8.77. The summed E-state index contributed by atoms with van der Waals surface area (Å²) in [5.74, 6) is -0.191. The maximum atomic E-state index is 12.4. The molecule has 68 valence electrons. The molecule has 1 rings (SSSR count). The Morgan fingerprint density at radius 2 is 2.08 bits per heavy atom. The first-order chi connectivity index (χ1) is 5.41. The average molecular weight is 306 g/mol. The molecule has 1 heterocycles. The monoisotopic (exact) mass is 304 g/mol. The Labute approximate surface area is 83.8 Å². The van der Waals surface area contributed by atoms with E-state index in [1.807, 2.05) is 15.9 Å². The van der Waals surface area contributed by atoms with E-state index in [-0.39, 0.29) is 5.76 Å². The van der Waals surface area contributed by atoms with Crippen molar-refractivity contribution in [3.05, 3.63) is 22.6 Å². The quantitative estimate of drug-likeness (QED) is 0.852. The van der Waals surface area contributed by atoms with E-state index in [2.05, 4.69) is 15.9 Å². The number of rotatable bonds is 2. The molecule has 1 atom stereocenters. The topological polar surface area (TPSA) is 33.4 Å². The first kappa shape index (κ1) is 10.1. The summed E-state index contributed by atoms with van der Waals surface area (Å²) in [6.07, 6.45) is -1.97. The van der Waals surface area contributed by atoms with Crippen molar-refractivity contribution in [1.29, 1.82) is 0 Å². The summed E-state index contributed by atoms with van der Waals surface area (Å²) in [6.45, 7) is 0. The lowest BCUT2D eigenvalue weighted by Gasteiger charge is -2.13. The maximum Gasteiger partial charge on any atom is 0.333 e. The highest BCUT2D eigenvalue weighted by Crippen LogP contribution is 2.37. The van der Waals surface area contributed by atoms with Crippen LogP contribution in [0, 0.1) is 0 Å². The van der Waals surface area contributed by atoms with Crippen LogP contribution in [0.2, 0.25) is 0 Å². The summed E-state index contributed by atoms with van der Waals surface area (Å²) in [5, 5.41) is 8.96. The van der Waals surface area contributed by atoms with E-state index < -0.39 is 10.9 Å². The van der Waals surface area contributed by atoms with Crippen molar-refractivity contribution < 1.29 is 18.3 Å². The number of hydrogen-bond acceptors (Lipinski definition) is 2. The normalized spacial score (nSPS) is 14.8. The zero-order chi connectivity index (χ0) is 9.35. The molecule has 0 bridgehead atoms. The minimum Gasteiger partial charge on any atom is -0.451 e. The van der Waals surface area contributed by atoms with Crippen LogP contribution in [-0.2, 0) is 0 Å². The Morgan fingerprint density at radius 3 is 2.42 bits per heavy atom. The summed E-state index contributed by atoms with van der Waals surface area (Å²) in [7, 11) is 0. The highest BCUT2D eigenvalue weighted by molar-refractivity contribution is 9.10. The largest absolute Gasteiger partial charge is 0.451 e. The van der Waals surface area contributed by atoms with Gasteiger partial charge in [-0.05, 0) is 44.0 Å². The molecular formula is C6H4Br2F2O2. The van der Waals surface area contributed by atoms with Gasteiger partial charge in [0.05, 0.1) is 0 Å². The van der Waals surface area contributed by atoms with E-state index in [9.17, 15) is 8.78 Å². The third-order valence-electron chi connectivity index (χ3n) is 1.17. The second-order valence-electron chi connectivity index (χ2n) is 2.09. The molecule has 6 heteroatoms. The van der Waals surface area contributed by atoms with Crippen molar-refractivity contribution in [3.63, 3.8) is 0 Å². The van der Waals surface area contributed by atoms with Gasteiger partial charge in [-0.3, -0.25) is 0 Å². The fourth-order valence-corrected chi connectivity index (χ4v) is 1.18. The fourth-order valence-electron chi connectivity index (χ4n) is 0.637. The van der Waals surface area contributed by atoms with Gasteiger partial charge in [0.15, 0.2) is 10.8 Å². The van der Waals surface area contributed by atoms with Crippen LogP contribution >= 0.6 is 31.9 Å². The molecule has 1 N–H and O–H groups in total. The van der Waals surface area contributed by atoms with Gasteiger partial charge < -0.3 is 9.52 Å². The third-order valence-corrected chi connectivity index (χ3v) is 2.03. The molecule has 12 heavy (non-hydrogen) atoms. The fraction of sp³-hybridized carbons (Fsp3) is 0.333. The van der Waals surface area contributed by atoms with Gasteiger partial charge in [-0.1, -0.05) is 0 Å². The molecule has 2 nitrogen and oxygen atoms in total. The number of aliphatic hydroxyl groups excluding tert-OH is 1. The van der Waals surface area contributed by atoms with Gasteiger partial charge in [0, 0.05) is 0 Å². The lowest BCUT2D eigenvalue weighted by molar-refractivity contribution is -0.0405. The molecule has 1 aromatic heterocycles. The Morgan fingerprint density at radius 1 is 1.50 bits per heavy atom. The second-order valence-corrected chi connectivity index (χ2v) is 3.92. The highest BCUT2D eigenvalue weighted by atomic mass is 79.9. The molecule has 0 spiro atoms. The first-order valence-electron chi connectivity index (χ1n) is 2.91. The number of alkyl halides is 3. The van der Waals surface area contributed by atoms with Crippen LogP contribution in [0.5, 0.6) is 0 Å². The smallest absolute Gasteiger partial charge is 0.333 e. The number of aliphatic hydroxyl groups is 1. The van der Waals surface area contributed by atoms with Crippen molar-refractivity contribution in [2.24, 2.45) is 0 Å². The standard InChI is InChI=1S/C6H4Br2F2O2/c7-4-2-1-3(12-4)5(11)6(8,9)10/h1-2,5,11H. The predicted octanol–water partition coefficient (Wildman–Crippen LogP) is 3.06. The van der Waals surface area contributed by atoms with Gasteiger partial charge in [-0.25, -0.2) is 0 Å². The van der Waals surface area contributed by atoms with Crippen molar-refractivity contribution in [1.82, 2.24) is 0 Å². The van der Waals surface area contributed by atoms with E-state index in [0.29, 0.717) is 4.67 Å². The molecule has 0 radical (unpaired) electrons. The molecule has 0 saturated heterocycles. The maximum absolute atomic E-state index is 12.4. The third kappa shape index (κ3) is 2.27. The van der Waals surface area contributed by atoms with Crippen LogP contribution in [0.25, 0.3) is 0 Å². The highest BCUT2D eigenvalue weighted by Gasteiger charge is 2.38. The van der Waals surface area contributed by atoms with E-state index in [0.717, 1.165) is 0 Å². The van der Waals surface area contributed by atoms with Gasteiger partial charge >= 0.3 is 4.83 Å². The summed E-state index contributed by atoms with van der Waals surface area (Å²) < 4.78 is 29.8. The van der Waals surface area contributed by atoms with E-state index >= 15 is 0 Å². The molecule has 1 aromatic rings. The average Bonchev–Trinajstić information content (AvgIpc) is 2.32. The van der Waals surface area contributed by atoms with E-state index in [1.54, 1.807) is 0 Å². The summed E-state index contributed by atoms with van der Waals surface area (Å²) in [6, 6.07) is 2.70. The molecule has 0 aliphatic heterocycles. The molecule has 0 aliphatic carbocycles. The van der Waals surface area contributed by atoms with E-state index in [1.165, 1.54) is 12.1 Å². The Balaban J connectivity index is 2.85. The van der Waals surface area contributed by atoms with Crippen LogP contribution in [0.3, 0.4) is 0 Å². The van der Waals surface area contributed by atoms with Crippen LogP contribution in [0.1, 0.15) is 11.9 Å². The predicted molar refractivity (Wildman–Crippen MR) is 45.2 cm³/mol. The molecule has 0 aliphatic rings. The van der Waals surface area contributed by atoms with Gasteiger partial charge in [0.2, 0.25) is 0 Å². The van der Waals surface area contributed by atoms with Crippen molar-refractivity contribution in [2.75, 3.05) is 0 Å². The summed E-state index contributed by atoms with van der Waals surface area (Å²) in [5.41, 5.74) is 0. The first-order valence-corrected chi connectivity index (χ1v) is 4.50. The molecule has 0 fully saturated rings. The summed E-state index contributed by atoms with van der Waals surface area (Å²) in [4.78, 5) is -3.37. The summed E-state index contributed by atoms with van der Waals surface area (Å²) >= 11 is 4.96. The van der Waals surface area contributed by atoms with Crippen LogP contribution in [0.15, 0.2) is 21.2 Å². The van der Waals surface area contributed by atoms with Crippen LogP contribution in [-0.4, -0.2) is 9.94 Å². The van der Waals surface area contributed by atoms with Crippen molar-refractivity contribution >= 4 is 31.9 Å². The zero-order valence-electron chi connectivity index (χ0n) is 5.60. The molecule has 1 unspecified atom stereocenters. The lowest BCUT2D eigenvalue weighted by atomic mass is 10.3. The van der Waals surface area contributed by atoms with Gasteiger partial charge in [0.1, 0.15) is 5.76 Å². The molecule has 0 aromatic carbocycles. The van der Waals surface area contributed by atoms with Crippen LogP contribution in [0.4, 0.5) is 8.78 Å². The Hall–Kier alpha value is 0.0600. The minimum absolute atomic E-state index is 0.191. The molecular weight excluding hydrogens is 302 g/mol. The number of hydrogen-bond donors (Lipinski definition) is 1. The Kier molecular flexibility index (Phi) is 2.90. The SMILES string of the molecule is OC(c1ccc(Br)o1)C(F)(F)Br. The van der Waals surface area contributed by atoms with Crippen molar-refractivity contribution in [3.8, 4) is 0 Å². The van der Waals surface area contributed by atoms with Crippen molar-refractivity contribution in [2.45, 2.75) is 10.9 Å². The van der Waals surface area contributed by atoms with Crippen LogP contribution < -0.4 is 0 Å². The number of furan rings is 1. The lowest BCUT2D eigenvalue weighted by Crippen LogP contribution is -2.17.